The third-order valence-electron chi connectivity index (χ3n) is 4.24. The number of nitrogens with zero attached hydrogens (tertiary/aromatic N) is 1. The normalized spacial score (nSPS) is 19.6. The number of fused-ring (bicyclic) bond motifs is 1. The lowest BCUT2D eigenvalue weighted by Crippen LogP contribution is -2.18. The predicted molar refractivity (Wildman–Crippen MR) is 77.0 cm³/mol. The molecule has 2 saturated carbocycles. The molecule has 2 aromatic rings. The highest BCUT2D eigenvalue weighted by Gasteiger charge is 2.41. The summed E-state index contributed by atoms with van der Waals surface area (Å²) in [7, 11) is 0. The molecule has 0 bridgehead atoms. The molecule has 0 unspecified atom stereocenters. The van der Waals surface area contributed by atoms with Gasteiger partial charge in [0.2, 0.25) is 0 Å². The van der Waals surface area contributed by atoms with Gasteiger partial charge in [0.1, 0.15) is 0 Å². The molecule has 94 valence electrons. The lowest BCUT2D eigenvalue weighted by atomic mass is 9.98. The van der Waals surface area contributed by atoms with Crippen molar-refractivity contribution in [2.45, 2.75) is 25.7 Å². The van der Waals surface area contributed by atoms with Crippen molar-refractivity contribution in [2.75, 3.05) is 11.9 Å². The second kappa shape index (κ2) is 4.23. The summed E-state index contributed by atoms with van der Waals surface area (Å²) in [5.74, 6) is 2.94. The Kier molecular flexibility index (Phi) is 2.54. The van der Waals surface area contributed by atoms with Gasteiger partial charge in [-0.15, -0.1) is 0 Å². The van der Waals surface area contributed by atoms with Gasteiger partial charge >= 0.3 is 0 Å². The van der Waals surface area contributed by atoms with E-state index in [-0.39, 0.29) is 0 Å². The molecule has 2 fully saturated rings. The van der Waals surface area contributed by atoms with E-state index < -0.39 is 0 Å². The number of nitrogens with one attached hydrogen (secondary N) is 1. The quantitative estimate of drug-likeness (QED) is 0.871. The molecule has 1 heterocycles. The van der Waals surface area contributed by atoms with E-state index in [1.54, 1.807) is 11.3 Å². The summed E-state index contributed by atoms with van der Waals surface area (Å²) in [6.45, 7) is 1.13. The lowest BCUT2D eigenvalue weighted by molar-refractivity contribution is 0.428. The molecule has 1 N–H and O–H groups in total. The van der Waals surface area contributed by atoms with Crippen LogP contribution in [0.1, 0.15) is 25.7 Å². The van der Waals surface area contributed by atoms with E-state index in [4.69, 9.17) is 0 Å². The zero-order valence-electron chi connectivity index (χ0n) is 10.4. The molecule has 0 atom stereocenters. The van der Waals surface area contributed by atoms with Crippen molar-refractivity contribution in [2.24, 2.45) is 17.8 Å². The van der Waals surface area contributed by atoms with Gasteiger partial charge in [-0.05, 0) is 55.6 Å². The highest BCUT2D eigenvalue weighted by molar-refractivity contribution is 7.22. The lowest BCUT2D eigenvalue weighted by Gasteiger charge is -2.15. The number of anilines is 1. The molecule has 1 aromatic heterocycles. The van der Waals surface area contributed by atoms with Gasteiger partial charge in [0.05, 0.1) is 10.2 Å². The van der Waals surface area contributed by atoms with E-state index in [0.717, 1.165) is 34.9 Å². The van der Waals surface area contributed by atoms with E-state index in [1.165, 1.54) is 30.4 Å². The van der Waals surface area contributed by atoms with E-state index in [1.807, 2.05) is 0 Å². The van der Waals surface area contributed by atoms with Gasteiger partial charge in [0.15, 0.2) is 5.13 Å². The van der Waals surface area contributed by atoms with Gasteiger partial charge in [-0.3, -0.25) is 0 Å². The van der Waals surface area contributed by atoms with E-state index in [0.29, 0.717) is 0 Å². The molecule has 0 amide bonds. The van der Waals surface area contributed by atoms with Crippen molar-refractivity contribution in [3.63, 3.8) is 0 Å². The fourth-order valence-electron chi connectivity index (χ4n) is 2.92. The summed E-state index contributed by atoms with van der Waals surface area (Å²) in [6, 6.07) is 8.39. The second-order valence-corrected chi connectivity index (χ2v) is 6.74. The van der Waals surface area contributed by atoms with Crippen LogP contribution in [-0.2, 0) is 0 Å². The second-order valence-electron chi connectivity index (χ2n) is 5.71. The summed E-state index contributed by atoms with van der Waals surface area (Å²) in [5.41, 5.74) is 1.12. The van der Waals surface area contributed by atoms with Gasteiger partial charge in [-0.1, -0.05) is 23.5 Å². The fraction of sp³-hybridized carbons (Fsp3) is 0.533. The van der Waals surface area contributed by atoms with Crippen LogP contribution >= 0.6 is 11.3 Å². The molecule has 18 heavy (non-hydrogen) atoms. The SMILES string of the molecule is c1ccc2sc(NCC(C3CC3)C3CC3)nc2c1. The standard InChI is InChI=1S/C15H18N2S/c1-2-4-14-13(3-1)17-15(18-14)16-9-12(10-5-6-10)11-7-8-11/h1-4,10-12H,5-9H2,(H,16,17). The van der Waals surface area contributed by atoms with Crippen LogP contribution in [-0.4, -0.2) is 11.5 Å². The first-order valence-electron chi connectivity index (χ1n) is 6.99. The van der Waals surface area contributed by atoms with E-state index >= 15 is 0 Å². The Morgan fingerprint density at radius 2 is 1.89 bits per heavy atom. The number of para-hydroxylation sites is 1. The monoisotopic (exact) mass is 258 g/mol. The third-order valence-corrected chi connectivity index (χ3v) is 5.23. The number of benzene rings is 1. The third kappa shape index (κ3) is 2.12. The zero-order chi connectivity index (χ0) is 11.9. The summed E-state index contributed by atoms with van der Waals surface area (Å²) in [4.78, 5) is 4.65. The first-order valence-corrected chi connectivity index (χ1v) is 7.81. The maximum atomic E-state index is 4.65. The van der Waals surface area contributed by atoms with Crippen molar-refractivity contribution in [1.29, 1.82) is 0 Å². The first kappa shape index (κ1) is 10.8. The van der Waals surface area contributed by atoms with Gasteiger partial charge in [-0.25, -0.2) is 4.98 Å². The maximum absolute atomic E-state index is 4.65. The minimum Gasteiger partial charge on any atom is -0.361 e. The van der Waals surface area contributed by atoms with Crippen LogP contribution in [0.5, 0.6) is 0 Å². The van der Waals surface area contributed by atoms with Crippen LogP contribution in [0.3, 0.4) is 0 Å². The molecule has 3 heteroatoms. The Bertz CT molecular complexity index is 509. The summed E-state index contributed by atoms with van der Waals surface area (Å²) >= 11 is 1.78. The molecule has 2 aliphatic rings. The number of hydrogen-bond acceptors (Lipinski definition) is 3. The molecule has 0 spiro atoms. The van der Waals surface area contributed by atoms with Crippen LogP contribution < -0.4 is 5.32 Å². The van der Waals surface area contributed by atoms with Crippen molar-refractivity contribution >= 4 is 26.7 Å². The number of thiazole rings is 1. The Labute approximate surface area is 111 Å². The Morgan fingerprint density at radius 1 is 1.17 bits per heavy atom. The topological polar surface area (TPSA) is 24.9 Å². The molecule has 0 saturated heterocycles. The van der Waals surface area contributed by atoms with E-state index in [9.17, 15) is 0 Å². The summed E-state index contributed by atoms with van der Waals surface area (Å²) in [6.07, 6.45) is 5.84. The van der Waals surface area contributed by atoms with Gasteiger partial charge in [-0.2, -0.15) is 0 Å². The number of aromatic nitrogens is 1. The molecule has 2 nitrogen and oxygen atoms in total. The zero-order valence-corrected chi connectivity index (χ0v) is 11.2. The number of rotatable bonds is 5. The van der Waals surface area contributed by atoms with Crippen molar-refractivity contribution in [1.82, 2.24) is 4.98 Å². The fourth-order valence-corrected chi connectivity index (χ4v) is 3.79. The minimum atomic E-state index is 0.914. The Hall–Kier alpha value is -1.09. The summed E-state index contributed by atoms with van der Waals surface area (Å²) < 4.78 is 1.29. The largest absolute Gasteiger partial charge is 0.361 e. The average Bonchev–Trinajstić information content (AvgIpc) is 3.28. The van der Waals surface area contributed by atoms with Crippen molar-refractivity contribution < 1.29 is 0 Å². The average molecular weight is 258 g/mol. The van der Waals surface area contributed by atoms with Gasteiger partial charge < -0.3 is 5.32 Å². The van der Waals surface area contributed by atoms with Crippen molar-refractivity contribution in [3.8, 4) is 0 Å². The molecule has 0 aliphatic heterocycles. The summed E-state index contributed by atoms with van der Waals surface area (Å²) in [5, 5.41) is 4.68. The minimum absolute atomic E-state index is 0.914. The predicted octanol–water partition coefficient (Wildman–Crippen LogP) is 4.14. The van der Waals surface area contributed by atoms with Crippen LogP contribution in [0.2, 0.25) is 0 Å². The van der Waals surface area contributed by atoms with Crippen LogP contribution in [0.15, 0.2) is 24.3 Å². The highest BCUT2D eigenvalue weighted by atomic mass is 32.1. The number of hydrogen-bond donors (Lipinski definition) is 1. The molecule has 2 aliphatic carbocycles. The van der Waals surface area contributed by atoms with Crippen molar-refractivity contribution in [3.05, 3.63) is 24.3 Å². The maximum Gasteiger partial charge on any atom is 0.183 e. The highest BCUT2D eigenvalue weighted by Crippen LogP contribution is 2.49. The molecule has 1 aromatic carbocycles. The molecular formula is C15H18N2S. The smallest absolute Gasteiger partial charge is 0.183 e. The van der Waals surface area contributed by atoms with E-state index in [2.05, 4.69) is 34.6 Å². The molecule has 4 rings (SSSR count). The Morgan fingerprint density at radius 3 is 2.56 bits per heavy atom. The van der Waals surface area contributed by atoms with Crippen LogP contribution in [0, 0.1) is 17.8 Å². The van der Waals surface area contributed by atoms with Crippen LogP contribution in [0.4, 0.5) is 5.13 Å². The molecule has 0 radical (unpaired) electrons. The van der Waals surface area contributed by atoms with Gasteiger partial charge in [0, 0.05) is 6.54 Å². The Balaban J connectivity index is 1.46. The first-order chi connectivity index (χ1) is 8.90. The van der Waals surface area contributed by atoms with Crippen LogP contribution in [0.25, 0.3) is 10.2 Å². The van der Waals surface area contributed by atoms with Gasteiger partial charge in [0.25, 0.3) is 0 Å². The molecular weight excluding hydrogens is 240 g/mol.